The highest BCUT2D eigenvalue weighted by molar-refractivity contribution is 5.91. The standard InChI is InChI=1S/C8H6N2O4/c1-13-7-3-2-6(10(11)12)5-4-14-9-8(5)7/h2-4H,1H3. The number of hydrogen-bond donors (Lipinski definition) is 0. The van der Waals surface area contributed by atoms with E-state index in [1.807, 2.05) is 0 Å². The van der Waals surface area contributed by atoms with Gasteiger partial charge in [0.1, 0.15) is 17.4 Å². The number of non-ortho nitro benzene ring substituents is 1. The van der Waals surface area contributed by atoms with E-state index in [1.54, 1.807) is 0 Å². The molecule has 72 valence electrons. The Balaban J connectivity index is 2.78. The van der Waals surface area contributed by atoms with Crippen LogP contribution in [0.1, 0.15) is 0 Å². The average Bonchev–Trinajstić information content (AvgIpc) is 2.64. The zero-order valence-corrected chi connectivity index (χ0v) is 7.26. The zero-order valence-electron chi connectivity index (χ0n) is 7.26. The number of ether oxygens (including phenoxy) is 1. The molecule has 0 aliphatic rings. The highest BCUT2D eigenvalue weighted by Crippen LogP contribution is 2.31. The molecule has 0 saturated carbocycles. The van der Waals surface area contributed by atoms with Crippen molar-refractivity contribution in [1.82, 2.24) is 5.16 Å². The first-order valence-electron chi connectivity index (χ1n) is 3.79. The summed E-state index contributed by atoms with van der Waals surface area (Å²) >= 11 is 0. The topological polar surface area (TPSA) is 78.4 Å². The third kappa shape index (κ3) is 1.08. The van der Waals surface area contributed by atoms with Gasteiger partial charge >= 0.3 is 0 Å². The predicted octanol–water partition coefficient (Wildman–Crippen LogP) is 1.74. The van der Waals surface area contributed by atoms with Crippen molar-refractivity contribution in [2.45, 2.75) is 0 Å². The summed E-state index contributed by atoms with van der Waals surface area (Å²) in [5.74, 6) is 0.458. The van der Waals surface area contributed by atoms with Gasteiger partial charge in [-0.05, 0) is 6.07 Å². The molecule has 6 heteroatoms. The Morgan fingerprint density at radius 2 is 2.36 bits per heavy atom. The number of rotatable bonds is 2. The lowest BCUT2D eigenvalue weighted by Crippen LogP contribution is -1.90. The molecule has 0 bridgehead atoms. The fraction of sp³-hybridized carbons (Fsp3) is 0.125. The molecule has 0 saturated heterocycles. The summed E-state index contributed by atoms with van der Waals surface area (Å²) in [4.78, 5) is 10.1. The van der Waals surface area contributed by atoms with Gasteiger partial charge in [-0.1, -0.05) is 5.16 Å². The van der Waals surface area contributed by atoms with E-state index in [0.29, 0.717) is 16.7 Å². The summed E-state index contributed by atoms with van der Waals surface area (Å²) in [7, 11) is 1.47. The summed E-state index contributed by atoms with van der Waals surface area (Å²) in [6, 6.07) is 2.85. The van der Waals surface area contributed by atoms with Crippen LogP contribution in [0.5, 0.6) is 5.75 Å². The average molecular weight is 194 g/mol. The third-order valence-electron chi connectivity index (χ3n) is 1.89. The molecule has 0 N–H and O–H groups in total. The lowest BCUT2D eigenvalue weighted by atomic mass is 10.2. The Morgan fingerprint density at radius 1 is 1.57 bits per heavy atom. The highest BCUT2D eigenvalue weighted by Gasteiger charge is 2.17. The predicted molar refractivity (Wildman–Crippen MR) is 47.2 cm³/mol. The van der Waals surface area contributed by atoms with E-state index in [0.717, 1.165) is 0 Å². The second kappa shape index (κ2) is 2.99. The fourth-order valence-electron chi connectivity index (χ4n) is 1.24. The van der Waals surface area contributed by atoms with Crippen LogP contribution in [0.2, 0.25) is 0 Å². The normalized spacial score (nSPS) is 10.4. The van der Waals surface area contributed by atoms with E-state index in [9.17, 15) is 10.1 Å². The molecular formula is C8H6N2O4. The molecule has 0 atom stereocenters. The van der Waals surface area contributed by atoms with Crippen LogP contribution in [0, 0.1) is 10.1 Å². The minimum absolute atomic E-state index is 0.0398. The molecule has 1 heterocycles. The van der Waals surface area contributed by atoms with Crippen LogP contribution >= 0.6 is 0 Å². The van der Waals surface area contributed by atoms with Crippen LogP contribution < -0.4 is 4.74 Å². The van der Waals surface area contributed by atoms with Gasteiger partial charge in [-0.15, -0.1) is 0 Å². The Labute approximate surface area is 78.2 Å². The van der Waals surface area contributed by atoms with Crippen LogP contribution in [0.15, 0.2) is 22.9 Å². The van der Waals surface area contributed by atoms with Gasteiger partial charge in [-0.25, -0.2) is 0 Å². The first-order chi connectivity index (χ1) is 6.74. The maximum absolute atomic E-state index is 10.6. The van der Waals surface area contributed by atoms with E-state index >= 15 is 0 Å². The first kappa shape index (κ1) is 8.49. The van der Waals surface area contributed by atoms with Gasteiger partial charge in [-0.2, -0.15) is 0 Å². The molecule has 14 heavy (non-hydrogen) atoms. The number of nitro groups is 1. The number of benzene rings is 1. The molecule has 0 aliphatic heterocycles. The summed E-state index contributed by atoms with van der Waals surface area (Å²) < 4.78 is 9.64. The van der Waals surface area contributed by atoms with Crippen molar-refractivity contribution in [3.63, 3.8) is 0 Å². The molecule has 0 spiro atoms. The van der Waals surface area contributed by atoms with Gasteiger partial charge in [0.05, 0.1) is 12.0 Å². The van der Waals surface area contributed by atoms with Crippen LogP contribution in [0.3, 0.4) is 0 Å². The number of methoxy groups -OCH3 is 1. The number of nitro benzene ring substituents is 1. The maximum atomic E-state index is 10.6. The van der Waals surface area contributed by atoms with Gasteiger partial charge in [0.25, 0.3) is 5.69 Å². The van der Waals surface area contributed by atoms with Gasteiger partial charge < -0.3 is 9.26 Å². The number of aromatic nitrogens is 1. The Morgan fingerprint density at radius 3 is 3.00 bits per heavy atom. The lowest BCUT2D eigenvalue weighted by Gasteiger charge is -1.98. The molecule has 2 rings (SSSR count). The number of nitrogens with zero attached hydrogens (tertiary/aromatic N) is 2. The van der Waals surface area contributed by atoms with Crippen LogP contribution in [-0.2, 0) is 0 Å². The summed E-state index contributed by atoms with van der Waals surface area (Å²) in [5, 5.41) is 14.6. The molecule has 0 radical (unpaired) electrons. The first-order valence-corrected chi connectivity index (χ1v) is 3.79. The van der Waals surface area contributed by atoms with Crippen molar-refractivity contribution in [1.29, 1.82) is 0 Å². The molecule has 2 aromatic rings. The monoisotopic (exact) mass is 194 g/mol. The maximum Gasteiger partial charge on any atom is 0.282 e. The van der Waals surface area contributed by atoms with E-state index < -0.39 is 4.92 Å². The summed E-state index contributed by atoms with van der Waals surface area (Å²) in [6.07, 6.45) is 1.23. The smallest absolute Gasteiger partial charge is 0.282 e. The molecule has 0 unspecified atom stereocenters. The molecule has 0 aliphatic carbocycles. The van der Waals surface area contributed by atoms with Crippen molar-refractivity contribution >= 4 is 16.6 Å². The van der Waals surface area contributed by atoms with Gasteiger partial charge in [0.2, 0.25) is 0 Å². The molecular weight excluding hydrogens is 188 g/mol. The highest BCUT2D eigenvalue weighted by atomic mass is 16.6. The number of fused-ring (bicyclic) bond motifs is 1. The molecule has 0 fully saturated rings. The zero-order chi connectivity index (χ0) is 10.1. The second-order valence-electron chi connectivity index (χ2n) is 2.62. The van der Waals surface area contributed by atoms with Gasteiger partial charge in [0.15, 0.2) is 5.52 Å². The van der Waals surface area contributed by atoms with Crippen LogP contribution in [0.4, 0.5) is 5.69 Å². The van der Waals surface area contributed by atoms with Crippen LogP contribution in [0.25, 0.3) is 10.9 Å². The van der Waals surface area contributed by atoms with E-state index in [4.69, 9.17) is 4.74 Å². The molecule has 1 aromatic carbocycles. The largest absolute Gasteiger partial charge is 0.494 e. The Kier molecular flexibility index (Phi) is 1.81. The van der Waals surface area contributed by atoms with Crippen molar-refractivity contribution in [3.8, 4) is 5.75 Å². The molecule has 0 amide bonds. The fourth-order valence-corrected chi connectivity index (χ4v) is 1.24. The van der Waals surface area contributed by atoms with Crippen molar-refractivity contribution in [2.75, 3.05) is 7.11 Å². The Bertz CT molecular complexity index is 491. The van der Waals surface area contributed by atoms with E-state index in [1.165, 1.54) is 25.5 Å². The SMILES string of the molecule is COc1ccc([N+](=O)[O-])c2conc12. The minimum Gasteiger partial charge on any atom is -0.494 e. The van der Waals surface area contributed by atoms with Crippen LogP contribution in [-0.4, -0.2) is 17.2 Å². The van der Waals surface area contributed by atoms with Gasteiger partial charge in [0, 0.05) is 6.07 Å². The molecule has 1 aromatic heterocycles. The van der Waals surface area contributed by atoms with Gasteiger partial charge in [-0.3, -0.25) is 10.1 Å². The van der Waals surface area contributed by atoms with E-state index in [-0.39, 0.29) is 5.69 Å². The lowest BCUT2D eigenvalue weighted by molar-refractivity contribution is -0.383. The summed E-state index contributed by atoms with van der Waals surface area (Å²) in [6.45, 7) is 0. The van der Waals surface area contributed by atoms with Crippen molar-refractivity contribution in [3.05, 3.63) is 28.5 Å². The third-order valence-corrected chi connectivity index (χ3v) is 1.89. The number of hydrogen-bond acceptors (Lipinski definition) is 5. The van der Waals surface area contributed by atoms with Crippen molar-refractivity contribution < 1.29 is 14.2 Å². The Hall–Kier alpha value is -2.11. The van der Waals surface area contributed by atoms with E-state index in [2.05, 4.69) is 9.68 Å². The quantitative estimate of drug-likeness (QED) is 0.537. The van der Waals surface area contributed by atoms with Crippen molar-refractivity contribution in [2.24, 2.45) is 0 Å². The second-order valence-corrected chi connectivity index (χ2v) is 2.62. The molecule has 6 nitrogen and oxygen atoms in total. The minimum atomic E-state index is -0.487. The summed E-state index contributed by atoms with van der Waals surface area (Å²) in [5.41, 5.74) is 0.323.